The van der Waals surface area contributed by atoms with E-state index in [-0.39, 0.29) is 31.2 Å². The van der Waals surface area contributed by atoms with Crippen LogP contribution in [0.3, 0.4) is 0 Å². The van der Waals surface area contributed by atoms with Crippen molar-refractivity contribution in [1.82, 2.24) is 9.80 Å². The Morgan fingerprint density at radius 1 is 1.23 bits per heavy atom. The van der Waals surface area contributed by atoms with Gasteiger partial charge in [-0.2, -0.15) is 0 Å². The maximum atomic E-state index is 12.9. The molecule has 2 heterocycles. The molecule has 1 N–H and O–H groups in total. The van der Waals surface area contributed by atoms with Gasteiger partial charge in [-0.05, 0) is 31.4 Å². The van der Waals surface area contributed by atoms with Gasteiger partial charge in [-0.15, -0.1) is 0 Å². The number of likely N-dealkylation sites (N-methyl/N-ethyl adjacent to an activating group) is 1. The fourth-order valence-corrected chi connectivity index (χ4v) is 4.02. The fourth-order valence-electron chi connectivity index (χ4n) is 4.02. The van der Waals surface area contributed by atoms with Crippen LogP contribution in [0.2, 0.25) is 0 Å². The number of rotatable bonds is 9. The molecule has 1 aromatic rings. The summed E-state index contributed by atoms with van der Waals surface area (Å²) in [5.74, 6) is -1.62. The minimum absolute atomic E-state index is 0.158. The van der Waals surface area contributed by atoms with E-state index >= 15 is 0 Å². The number of carboxylic acids is 1. The van der Waals surface area contributed by atoms with Crippen molar-refractivity contribution in [3.05, 3.63) is 29.3 Å². The average molecular weight is 416 g/mol. The van der Waals surface area contributed by atoms with Crippen LogP contribution in [0, 0.1) is 0 Å². The van der Waals surface area contributed by atoms with Gasteiger partial charge >= 0.3 is 5.97 Å². The molecule has 0 bridgehead atoms. The number of hydrogen-bond donors (Lipinski definition) is 1. The molecule has 8 nitrogen and oxygen atoms in total. The quantitative estimate of drug-likeness (QED) is 0.490. The molecule has 1 aromatic carbocycles. The second kappa shape index (κ2) is 9.28. The Hall–Kier alpha value is -2.90. The largest absolute Gasteiger partial charge is 0.479 e. The highest BCUT2D eigenvalue weighted by molar-refractivity contribution is 6.05. The molecule has 0 aliphatic carbocycles. The van der Waals surface area contributed by atoms with Gasteiger partial charge in [-0.25, -0.2) is 4.79 Å². The van der Waals surface area contributed by atoms with Gasteiger partial charge in [0.1, 0.15) is 11.8 Å². The van der Waals surface area contributed by atoms with Crippen molar-refractivity contribution >= 4 is 23.7 Å². The lowest BCUT2D eigenvalue weighted by Crippen LogP contribution is -2.53. The zero-order valence-electron chi connectivity index (χ0n) is 17.4. The Morgan fingerprint density at radius 2 is 2.00 bits per heavy atom. The Morgan fingerprint density at radius 3 is 2.70 bits per heavy atom. The Kier molecular flexibility index (Phi) is 6.74. The highest BCUT2D eigenvalue weighted by Gasteiger charge is 2.42. The first kappa shape index (κ1) is 21.8. The van der Waals surface area contributed by atoms with Gasteiger partial charge in [-0.1, -0.05) is 32.3 Å². The summed E-state index contributed by atoms with van der Waals surface area (Å²) in [5, 5.41) is 9.55. The zero-order chi connectivity index (χ0) is 21.8. The molecule has 8 heteroatoms. The van der Waals surface area contributed by atoms with Crippen LogP contribution in [-0.4, -0.2) is 57.8 Å². The van der Waals surface area contributed by atoms with Crippen molar-refractivity contribution in [1.29, 1.82) is 0 Å². The van der Waals surface area contributed by atoms with E-state index in [1.165, 1.54) is 11.9 Å². The van der Waals surface area contributed by atoms with E-state index in [1.807, 2.05) is 0 Å². The molecule has 0 spiro atoms. The van der Waals surface area contributed by atoms with Gasteiger partial charge in [0.15, 0.2) is 6.10 Å². The standard InChI is InChI=1S/C22H28N2O6/c1-3-4-5-6-9-18(22(28)29)30-17-10-7-8-14-15(17)13-24(20(14)26)16-11-12-19(25)23(2)21(16)27/h7-8,10,16,18H,3-6,9,11-13H2,1-2H3,(H,28,29). The highest BCUT2D eigenvalue weighted by atomic mass is 16.5. The molecule has 2 aliphatic heterocycles. The van der Waals surface area contributed by atoms with Gasteiger partial charge in [0.25, 0.3) is 11.8 Å². The Labute approximate surface area is 175 Å². The number of imide groups is 1. The third kappa shape index (κ3) is 4.32. The normalized spacial score (nSPS) is 19.8. The van der Waals surface area contributed by atoms with Crippen molar-refractivity contribution in [2.24, 2.45) is 0 Å². The summed E-state index contributed by atoms with van der Waals surface area (Å²) in [6, 6.07) is 4.27. The number of likely N-dealkylation sites (tertiary alicyclic amines) is 1. The molecule has 0 saturated carbocycles. The number of carboxylic acid groups (broad SMARTS) is 1. The van der Waals surface area contributed by atoms with E-state index < -0.39 is 24.0 Å². The van der Waals surface area contributed by atoms with Crippen LogP contribution in [-0.2, 0) is 20.9 Å². The number of aliphatic carboxylic acids is 1. The van der Waals surface area contributed by atoms with Crippen LogP contribution in [0.25, 0.3) is 0 Å². The van der Waals surface area contributed by atoms with Crippen molar-refractivity contribution < 1.29 is 29.0 Å². The highest BCUT2D eigenvalue weighted by Crippen LogP contribution is 2.35. The monoisotopic (exact) mass is 416 g/mol. The van der Waals surface area contributed by atoms with Gasteiger partial charge in [0.05, 0.1) is 6.54 Å². The third-order valence-electron chi connectivity index (χ3n) is 5.81. The minimum Gasteiger partial charge on any atom is -0.479 e. The predicted octanol–water partition coefficient (Wildman–Crippen LogP) is 2.59. The van der Waals surface area contributed by atoms with Gasteiger partial charge in [0, 0.05) is 24.6 Å². The first-order chi connectivity index (χ1) is 14.3. The number of ether oxygens (including phenoxy) is 1. The van der Waals surface area contributed by atoms with Crippen molar-refractivity contribution in [3.8, 4) is 5.75 Å². The summed E-state index contributed by atoms with van der Waals surface area (Å²) in [7, 11) is 1.43. The summed E-state index contributed by atoms with van der Waals surface area (Å²) in [5.41, 5.74) is 1.00. The lowest BCUT2D eigenvalue weighted by Gasteiger charge is -2.33. The second-order valence-electron chi connectivity index (χ2n) is 7.85. The van der Waals surface area contributed by atoms with Crippen LogP contribution in [0.4, 0.5) is 0 Å². The summed E-state index contributed by atoms with van der Waals surface area (Å²) < 4.78 is 5.82. The lowest BCUT2D eigenvalue weighted by atomic mass is 10.0. The maximum absolute atomic E-state index is 12.9. The smallest absolute Gasteiger partial charge is 0.344 e. The number of hydrogen-bond acceptors (Lipinski definition) is 5. The second-order valence-corrected chi connectivity index (χ2v) is 7.85. The van der Waals surface area contributed by atoms with E-state index in [0.717, 1.165) is 30.6 Å². The van der Waals surface area contributed by atoms with Crippen LogP contribution >= 0.6 is 0 Å². The molecule has 3 rings (SSSR count). The molecule has 0 aromatic heterocycles. The zero-order valence-corrected chi connectivity index (χ0v) is 17.4. The van der Waals surface area contributed by atoms with E-state index in [0.29, 0.717) is 23.3 Å². The molecule has 162 valence electrons. The minimum atomic E-state index is -1.03. The first-order valence-corrected chi connectivity index (χ1v) is 10.5. The van der Waals surface area contributed by atoms with E-state index in [4.69, 9.17) is 4.74 Å². The van der Waals surface area contributed by atoms with Gasteiger partial charge < -0.3 is 14.7 Å². The van der Waals surface area contributed by atoms with Crippen LogP contribution < -0.4 is 4.74 Å². The molecular formula is C22H28N2O6. The topological polar surface area (TPSA) is 104 Å². The number of carbonyl (C=O) groups is 4. The molecule has 1 fully saturated rings. The summed E-state index contributed by atoms with van der Waals surface area (Å²) in [6.45, 7) is 2.25. The average Bonchev–Trinajstić information content (AvgIpc) is 3.06. The van der Waals surface area contributed by atoms with Crippen molar-refractivity contribution in [2.45, 2.75) is 70.6 Å². The van der Waals surface area contributed by atoms with E-state index in [1.54, 1.807) is 18.2 Å². The number of benzene rings is 1. The maximum Gasteiger partial charge on any atom is 0.344 e. The third-order valence-corrected chi connectivity index (χ3v) is 5.81. The number of piperidine rings is 1. The summed E-state index contributed by atoms with van der Waals surface area (Å²) in [6.07, 6.45) is 3.69. The summed E-state index contributed by atoms with van der Waals surface area (Å²) >= 11 is 0. The molecule has 3 amide bonds. The van der Waals surface area contributed by atoms with Crippen molar-refractivity contribution in [2.75, 3.05) is 7.05 Å². The molecule has 30 heavy (non-hydrogen) atoms. The molecule has 2 unspecified atom stereocenters. The van der Waals surface area contributed by atoms with Gasteiger partial charge in [-0.3, -0.25) is 19.3 Å². The van der Waals surface area contributed by atoms with E-state index in [2.05, 4.69) is 6.92 Å². The molecule has 1 saturated heterocycles. The molecule has 0 radical (unpaired) electrons. The SMILES string of the molecule is CCCCCCC(Oc1cccc2c1CN(C1CCC(=O)N(C)C1=O)C2=O)C(=O)O. The number of nitrogens with zero attached hydrogens (tertiary/aromatic N) is 2. The molecular weight excluding hydrogens is 388 g/mol. The van der Waals surface area contributed by atoms with Crippen LogP contribution in [0.1, 0.15) is 67.8 Å². The van der Waals surface area contributed by atoms with E-state index in [9.17, 15) is 24.3 Å². The number of carbonyl (C=O) groups excluding carboxylic acids is 3. The Balaban J connectivity index is 1.77. The number of fused-ring (bicyclic) bond motifs is 1. The number of amides is 3. The molecule has 2 atom stereocenters. The lowest BCUT2D eigenvalue weighted by molar-refractivity contribution is -0.150. The van der Waals surface area contributed by atoms with Gasteiger partial charge in [0.2, 0.25) is 5.91 Å². The first-order valence-electron chi connectivity index (χ1n) is 10.5. The Bertz CT molecular complexity index is 852. The van der Waals surface area contributed by atoms with Crippen LogP contribution in [0.15, 0.2) is 18.2 Å². The molecule has 2 aliphatic rings. The fraction of sp³-hybridized carbons (Fsp3) is 0.545. The van der Waals surface area contributed by atoms with Crippen molar-refractivity contribution in [3.63, 3.8) is 0 Å². The number of unbranched alkanes of at least 4 members (excludes halogenated alkanes) is 3. The predicted molar refractivity (Wildman–Crippen MR) is 108 cm³/mol. The summed E-state index contributed by atoms with van der Waals surface area (Å²) in [4.78, 5) is 51.4. The van der Waals surface area contributed by atoms with Crippen LogP contribution in [0.5, 0.6) is 5.75 Å².